The van der Waals surface area contributed by atoms with Crippen LogP contribution in [0, 0.1) is 5.82 Å². The Morgan fingerprint density at radius 3 is 2.95 bits per heavy atom. The van der Waals surface area contributed by atoms with E-state index in [0.717, 1.165) is 6.07 Å². The molecule has 0 aliphatic rings. The minimum absolute atomic E-state index is 0.0227. The van der Waals surface area contributed by atoms with E-state index in [0.29, 0.717) is 5.69 Å². The summed E-state index contributed by atoms with van der Waals surface area (Å²) in [5.41, 5.74) is 2.38. The Balaban J connectivity index is 2.37. The van der Waals surface area contributed by atoms with Gasteiger partial charge < -0.3 is 4.72 Å². The lowest BCUT2D eigenvalue weighted by Gasteiger charge is -2.03. The van der Waals surface area contributed by atoms with E-state index in [1.54, 1.807) is 6.26 Å². The molecule has 1 heterocycles. The molecule has 0 saturated heterocycles. The Bertz CT molecular complexity index is 636. The molecule has 7 nitrogen and oxygen atoms in total. The molecule has 3 N–H and O–H groups in total. The van der Waals surface area contributed by atoms with Gasteiger partial charge >= 0.3 is 0 Å². The Morgan fingerprint density at radius 2 is 2.30 bits per heavy atom. The SMILES string of the molecule is CSNc1nonc1C(=Nc1ccc(F)c(Cl)c1)NO. The van der Waals surface area contributed by atoms with Gasteiger partial charge in [-0.1, -0.05) is 23.5 Å². The molecule has 10 heteroatoms. The summed E-state index contributed by atoms with van der Waals surface area (Å²) in [5.74, 6) is -0.298. The smallest absolute Gasteiger partial charge is 0.212 e. The number of amidine groups is 1. The molecule has 0 atom stereocenters. The zero-order valence-corrected chi connectivity index (χ0v) is 11.7. The third-order valence-corrected chi connectivity index (χ3v) is 2.85. The Morgan fingerprint density at radius 1 is 1.50 bits per heavy atom. The van der Waals surface area contributed by atoms with Gasteiger partial charge in [0.2, 0.25) is 5.82 Å². The summed E-state index contributed by atoms with van der Waals surface area (Å²) in [4.78, 5) is 4.06. The van der Waals surface area contributed by atoms with Crippen molar-refractivity contribution in [1.29, 1.82) is 0 Å². The minimum Gasteiger partial charge on any atom is -0.310 e. The van der Waals surface area contributed by atoms with Crippen molar-refractivity contribution < 1.29 is 14.2 Å². The van der Waals surface area contributed by atoms with Crippen LogP contribution in [-0.4, -0.2) is 27.6 Å². The van der Waals surface area contributed by atoms with Crippen molar-refractivity contribution in [2.24, 2.45) is 4.99 Å². The first-order chi connectivity index (χ1) is 9.65. The van der Waals surface area contributed by atoms with Gasteiger partial charge in [0.15, 0.2) is 11.5 Å². The number of hydrogen-bond donors (Lipinski definition) is 3. The van der Waals surface area contributed by atoms with Crippen LogP contribution in [0.15, 0.2) is 27.8 Å². The molecule has 1 aromatic heterocycles. The van der Waals surface area contributed by atoms with Crippen molar-refractivity contribution in [3.05, 3.63) is 34.7 Å². The molecule has 20 heavy (non-hydrogen) atoms. The zero-order valence-electron chi connectivity index (χ0n) is 10.1. The highest BCUT2D eigenvalue weighted by atomic mass is 35.5. The highest BCUT2D eigenvalue weighted by Crippen LogP contribution is 2.23. The molecule has 1 aromatic carbocycles. The van der Waals surface area contributed by atoms with Crippen molar-refractivity contribution in [3.8, 4) is 0 Å². The van der Waals surface area contributed by atoms with E-state index in [-0.39, 0.29) is 22.4 Å². The molecule has 0 unspecified atom stereocenters. The molecular weight excluding hydrogens is 309 g/mol. The first-order valence-corrected chi connectivity index (χ1v) is 6.81. The normalized spacial score (nSPS) is 11.5. The number of aromatic nitrogens is 2. The molecule has 0 fully saturated rings. The predicted octanol–water partition coefficient (Wildman–Crippen LogP) is 2.61. The van der Waals surface area contributed by atoms with Crippen LogP contribution in [0.4, 0.5) is 15.9 Å². The highest BCUT2D eigenvalue weighted by molar-refractivity contribution is 7.99. The number of benzene rings is 1. The summed E-state index contributed by atoms with van der Waals surface area (Å²) >= 11 is 6.92. The quantitative estimate of drug-likeness (QED) is 0.345. The Labute approximate surface area is 122 Å². The Hall–Kier alpha value is -1.84. The van der Waals surface area contributed by atoms with Crippen LogP contribution >= 0.6 is 23.5 Å². The van der Waals surface area contributed by atoms with Crippen LogP contribution in [0.25, 0.3) is 0 Å². The first-order valence-electron chi connectivity index (χ1n) is 5.21. The van der Waals surface area contributed by atoms with Gasteiger partial charge in [0.25, 0.3) is 0 Å². The van der Waals surface area contributed by atoms with E-state index in [1.807, 2.05) is 5.48 Å². The molecule has 0 amide bonds. The predicted molar refractivity (Wildman–Crippen MR) is 74.0 cm³/mol. The molecule has 0 saturated carbocycles. The van der Waals surface area contributed by atoms with Gasteiger partial charge in [0.1, 0.15) is 5.82 Å². The summed E-state index contributed by atoms with van der Waals surface area (Å²) in [6.45, 7) is 0. The van der Waals surface area contributed by atoms with E-state index in [4.69, 9.17) is 16.8 Å². The molecule has 2 aromatic rings. The highest BCUT2D eigenvalue weighted by Gasteiger charge is 2.16. The number of aliphatic imine (C=N–C) groups is 1. The van der Waals surface area contributed by atoms with Crippen molar-refractivity contribution >= 4 is 40.9 Å². The monoisotopic (exact) mass is 317 g/mol. The van der Waals surface area contributed by atoms with Crippen LogP contribution in [0.2, 0.25) is 5.02 Å². The summed E-state index contributed by atoms with van der Waals surface area (Å²) in [7, 11) is 0. The van der Waals surface area contributed by atoms with Crippen LogP contribution in [0.5, 0.6) is 0 Å². The van der Waals surface area contributed by atoms with E-state index in [9.17, 15) is 4.39 Å². The van der Waals surface area contributed by atoms with Gasteiger partial charge in [-0.05, 0) is 28.5 Å². The molecular formula is C10H9ClFN5O2S. The number of rotatable bonds is 4. The van der Waals surface area contributed by atoms with E-state index < -0.39 is 5.82 Å². The topological polar surface area (TPSA) is 95.6 Å². The third kappa shape index (κ3) is 3.18. The summed E-state index contributed by atoms with van der Waals surface area (Å²) in [6.07, 6.45) is 1.78. The molecule has 0 spiro atoms. The van der Waals surface area contributed by atoms with Gasteiger partial charge in [-0.25, -0.2) is 14.0 Å². The van der Waals surface area contributed by atoms with E-state index in [2.05, 4.69) is 24.7 Å². The lowest BCUT2D eigenvalue weighted by molar-refractivity contribution is 0.234. The number of nitrogens with one attached hydrogen (secondary N) is 2. The third-order valence-electron chi connectivity index (χ3n) is 2.16. The minimum atomic E-state index is -0.558. The maximum absolute atomic E-state index is 13.1. The number of halogens is 2. The van der Waals surface area contributed by atoms with Gasteiger partial charge in [0, 0.05) is 6.26 Å². The van der Waals surface area contributed by atoms with Crippen molar-refractivity contribution in [2.45, 2.75) is 0 Å². The molecule has 0 aliphatic heterocycles. The summed E-state index contributed by atoms with van der Waals surface area (Å²) < 4.78 is 20.4. The number of anilines is 1. The first kappa shape index (κ1) is 14.6. The standard InChI is InChI=1S/C10H9ClFN5O2S/c1-20-17-10-8(15-19-16-10)9(14-18)13-5-2-3-7(12)6(11)4-5/h2-4,18H,1H3,(H,13,14)(H,16,17). The zero-order chi connectivity index (χ0) is 14.5. The fourth-order valence-corrected chi connectivity index (χ4v) is 1.82. The van der Waals surface area contributed by atoms with Gasteiger partial charge in [-0.15, -0.1) is 0 Å². The second kappa shape index (κ2) is 6.55. The number of hydroxylamine groups is 1. The number of hydrogen-bond acceptors (Lipinski definition) is 7. The lowest BCUT2D eigenvalue weighted by Crippen LogP contribution is -2.21. The van der Waals surface area contributed by atoms with Crippen LogP contribution < -0.4 is 10.2 Å². The number of nitrogens with zero attached hydrogens (tertiary/aromatic N) is 3. The lowest BCUT2D eigenvalue weighted by atomic mass is 10.3. The van der Waals surface area contributed by atoms with Crippen molar-refractivity contribution in [1.82, 2.24) is 15.8 Å². The summed E-state index contributed by atoms with van der Waals surface area (Å²) in [5, 5.41) is 16.3. The fourth-order valence-electron chi connectivity index (χ4n) is 1.32. The average Bonchev–Trinajstić information content (AvgIpc) is 2.88. The maximum Gasteiger partial charge on any atom is 0.212 e. The van der Waals surface area contributed by atoms with Crippen LogP contribution in [0.3, 0.4) is 0 Å². The molecule has 0 radical (unpaired) electrons. The van der Waals surface area contributed by atoms with Gasteiger partial charge in [-0.3, -0.25) is 10.7 Å². The second-order valence-electron chi connectivity index (χ2n) is 3.44. The van der Waals surface area contributed by atoms with Crippen LogP contribution in [0.1, 0.15) is 5.69 Å². The van der Waals surface area contributed by atoms with E-state index in [1.165, 1.54) is 24.1 Å². The molecule has 2 rings (SSSR count). The van der Waals surface area contributed by atoms with Gasteiger partial charge in [0.05, 0.1) is 10.7 Å². The Kier molecular flexibility index (Phi) is 4.77. The second-order valence-corrected chi connectivity index (χ2v) is 4.46. The maximum atomic E-state index is 13.1. The van der Waals surface area contributed by atoms with E-state index >= 15 is 0 Å². The molecule has 0 aliphatic carbocycles. The van der Waals surface area contributed by atoms with Crippen molar-refractivity contribution in [2.75, 3.05) is 11.0 Å². The average molecular weight is 318 g/mol. The molecule has 106 valence electrons. The summed E-state index contributed by atoms with van der Waals surface area (Å²) in [6, 6.07) is 3.87. The van der Waals surface area contributed by atoms with Crippen LogP contribution in [-0.2, 0) is 0 Å². The molecule has 0 bridgehead atoms. The van der Waals surface area contributed by atoms with Gasteiger partial charge in [-0.2, -0.15) is 0 Å². The fraction of sp³-hybridized carbons (Fsp3) is 0.100. The largest absolute Gasteiger partial charge is 0.310 e. The van der Waals surface area contributed by atoms with Crippen molar-refractivity contribution in [3.63, 3.8) is 0 Å².